The smallest absolute Gasteiger partial charge is 0.249 e. The van der Waals surface area contributed by atoms with Crippen LogP contribution in [0.4, 0.5) is 0 Å². The standard InChI is InChI=1S/C19H23ClN2OS/c1-5-12(19(23)21(2)3)10-17-14-11-22(4)9-8-13-15(20)6-7-16(24-17)18(13)14/h6-7,10H,5,8-9,11H2,1-4H3/b12-10+. The number of hydrogen-bond acceptors (Lipinski definition) is 3. The van der Waals surface area contributed by atoms with Crippen molar-refractivity contribution < 1.29 is 4.79 Å². The van der Waals surface area contributed by atoms with E-state index in [2.05, 4.69) is 24.1 Å². The molecule has 0 saturated carbocycles. The second kappa shape index (κ2) is 6.87. The van der Waals surface area contributed by atoms with Crippen molar-refractivity contribution in [2.75, 3.05) is 27.7 Å². The number of amides is 1. The van der Waals surface area contributed by atoms with Gasteiger partial charge in [0.1, 0.15) is 0 Å². The minimum atomic E-state index is 0.0855. The van der Waals surface area contributed by atoms with Gasteiger partial charge in [-0.25, -0.2) is 0 Å². The van der Waals surface area contributed by atoms with E-state index in [9.17, 15) is 4.79 Å². The SMILES string of the molecule is CC/C(=C\c1sc2ccc(Cl)c3c2c1CN(C)CC3)C(=O)N(C)C. The van der Waals surface area contributed by atoms with Crippen LogP contribution >= 0.6 is 22.9 Å². The van der Waals surface area contributed by atoms with E-state index in [1.165, 1.54) is 26.1 Å². The number of halogens is 1. The zero-order valence-corrected chi connectivity index (χ0v) is 16.2. The second-order valence-corrected chi connectivity index (χ2v) is 8.05. The Morgan fingerprint density at radius 3 is 2.79 bits per heavy atom. The maximum Gasteiger partial charge on any atom is 0.249 e. The number of hydrogen-bond donors (Lipinski definition) is 0. The van der Waals surface area contributed by atoms with E-state index < -0.39 is 0 Å². The molecule has 3 nitrogen and oxygen atoms in total. The van der Waals surface area contributed by atoms with Crippen LogP contribution in [0.5, 0.6) is 0 Å². The molecule has 0 N–H and O–H groups in total. The lowest BCUT2D eigenvalue weighted by Gasteiger charge is -2.14. The van der Waals surface area contributed by atoms with Crippen molar-refractivity contribution in [3.8, 4) is 0 Å². The van der Waals surface area contributed by atoms with Gasteiger partial charge >= 0.3 is 0 Å². The molecule has 3 rings (SSSR count). The monoisotopic (exact) mass is 362 g/mol. The Kier molecular flexibility index (Phi) is 5.00. The maximum atomic E-state index is 12.4. The normalized spacial score (nSPS) is 15.6. The molecule has 1 aromatic heterocycles. The van der Waals surface area contributed by atoms with Crippen molar-refractivity contribution in [2.24, 2.45) is 0 Å². The third-order valence-corrected chi connectivity index (χ3v) is 6.07. The van der Waals surface area contributed by atoms with Gasteiger partial charge in [0, 0.05) is 52.7 Å². The minimum Gasteiger partial charge on any atom is -0.345 e. The number of likely N-dealkylation sites (N-methyl/N-ethyl adjacent to an activating group) is 2. The van der Waals surface area contributed by atoms with Crippen LogP contribution in [0.3, 0.4) is 0 Å². The van der Waals surface area contributed by atoms with Crippen molar-refractivity contribution >= 4 is 45.0 Å². The van der Waals surface area contributed by atoms with Crippen molar-refractivity contribution in [1.82, 2.24) is 9.80 Å². The van der Waals surface area contributed by atoms with Gasteiger partial charge in [0.25, 0.3) is 0 Å². The maximum absolute atomic E-state index is 12.4. The van der Waals surface area contributed by atoms with E-state index in [0.717, 1.165) is 36.5 Å². The molecule has 1 amide bonds. The summed E-state index contributed by atoms with van der Waals surface area (Å²) in [5, 5.41) is 2.16. The topological polar surface area (TPSA) is 23.6 Å². The molecule has 1 aromatic carbocycles. The van der Waals surface area contributed by atoms with Crippen molar-refractivity contribution in [2.45, 2.75) is 26.3 Å². The van der Waals surface area contributed by atoms with Crippen LogP contribution in [0, 0.1) is 0 Å². The predicted molar refractivity (Wildman–Crippen MR) is 104 cm³/mol. The number of rotatable bonds is 3. The highest BCUT2D eigenvalue weighted by atomic mass is 35.5. The zero-order chi connectivity index (χ0) is 17.4. The summed E-state index contributed by atoms with van der Waals surface area (Å²) < 4.78 is 1.26. The Bertz CT molecular complexity index is 822. The van der Waals surface area contributed by atoms with E-state index >= 15 is 0 Å². The van der Waals surface area contributed by atoms with E-state index in [1.54, 1.807) is 30.3 Å². The molecule has 1 aliphatic rings. The summed E-state index contributed by atoms with van der Waals surface area (Å²) in [6.07, 6.45) is 3.78. The third-order valence-electron chi connectivity index (χ3n) is 4.58. The van der Waals surface area contributed by atoms with Crippen molar-refractivity contribution in [1.29, 1.82) is 0 Å². The molecule has 0 radical (unpaired) electrons. The van der Waals surface area contributed by atoms with Gasteiger partial charge in [0.05, 0.1) is 0 Å². The summed E-state index contributed by atoms with van der Waals surface area (Å²) in [6, 6.07) is 4.11. The Hall–Kier alpha value is -1.36. The second-order valence-electron chi connectivity index (χ2n) is 6.55. The first-order valence-corrected chi connectivity index (χ1v) is 9.45. The summed E-state index contributed by atoms with van der Waals surface area (Å²) in [7, 11) is 5.75. The molecule has 0 unspecified atom stereocenters. The van der Waals surface area contributed by atoms with Gasteiger partial charge in [0.2, 0.25) is 5.91 Å². The third kappa shape index (κ3) is 3.10. The molecule has 0 aliphatic carbocycles. The van der Waals surface area contributed by atoms with Gasteiger partial charge in [-0.15, -0.1) is 11.3 Å². The van der Waals surface area contributed by atoms with Crippen LogP contribution in [-0.4, -0.2) is 43.4 Å². The number of carbonyl (C=O) groups excluding carboxylic acids is 1. The largest absolute Gasteiger partial charge is 0.345 e. The highest BCUT2D eigenvalue weighted by Crippen LogP contribution is 2.40. The minimum absolute atomic E-state index is 0.0855. The van der Waals surface area contributed by atoms with Gasteiger partial charge in [-0.1, -0.05) is 18.5 Å². The molecule has 0 saturated heterocycles. The van der Waals surface area contributed by atoms with E-state index in [1.807, 2.05) is 13.0 Å². The summed E-state index contributed by atoms with van der Waals surface area (Å²) in [4.78, 5) is 17.6. The number of thiophene rings is 1. The summed E-state index contributed by atoms with van der Waals surface area (Å²) in [6.45, 7) is 3.93. The molecule has 128 valence electrons. The first-order valence-electron chi connectivity index (χ1n) is 8.25. The number of carbonyl (C=O) groups is 1. The fraction of sp³-hybridized carbons (Fsp3) is 0.421. The van der Waals surface area contributed by atoms with E-state index in [-0.39, 0.29) is 5.91 Å². The lowest BCUT2D eigenvalue weighted by Crippen LogP contribution is -2.23. The molecule has 0 fully saturated rings. The first-order chi connectivity index (χ1) is 11.4. The van der Waals surface area contributed by atoms with Crippen LogP contribution < -0.4 is 0 Å². The highest BCUT2D eigenvalue weighted by Gasteiger charge is 2.22. The quantitative estimate of drug-likeness (QED) is 0.754. The average molecular weight is 363 g/mol. The van der Waals surface area contributed by atoms with Crippen LogP contribution in [0.15, 0.2) is 17.7 Å². The molecule has 5 heteroatoms. The Morgan fingerprint density at radius 2 is 2.12 bits per heavy atom. The van der Waals surface area contributed by atoms with Gasteiger partial charge in [-0.2, -0.15) is 0 Å². The lowest BCUT2D eigenvalue weighted by molar-refractivity contribution is -0.124. The molecule has 0 bridgehead atoms. The fourth-order valence-electron chi connectivity index (χ4n) is 3.25. The van der Waals surface area contributed by atoms with E-state index in [4.69, 9.17) is 11.6 Å². The molecule has 1 aliphatic heterocycles. The number of benzene rings is 1. The highest BCUT2D eigenvalue weighted by molar-refractivity contribution is 7.20. The zero-order valence-electron chi connectivity index (χ0n) is 14.6. The summed E-state index contributed by atoms with van der Waals surface area (Å²) in [5.74, 6) is 0.0855. The predicted octanol–water partition coefficient (Wildman–Crippen LogP) is 4.42. The van der Waals surface area contributed by atoms with Crippen LogP contribution in [0.25, 0.3) is 16.2 Å². The number of nitrogens with zero attached hydrogens (tertiary/aromatic N) is 2. The molecular weight excluding hydrogens is 340 g/mol. The van der Waals surface area contributed by atoms with Crippen LogP contribution in [0.2, 0.25) is 5.02 Å². The van der Waals surface area contributed by atoms with Gasteiger partial charge < -0.3 is 9.80 Å². The summed E-state index contributed by atoms with van der Waals surface area (Å²) >= 11 is 8.24. The molecule has 24 heavy (non-hydrogen) atoms. The van der Waals surface area contributed by atoms with Gasteiger partial charge in [-0.3, -0.25) is 4.79 Å². The molecule has 0 atom stereocenters. The van der Waals surface area contributed by atoms with Gasteiger partial charge in [-0.05, 0) is 49.2 Å². The van der Waals surface area contributed by atoms with E-state index in [0.29, 0.717) is 0 Å². The average Bonchev–Trinajstić information content (AvgIpc) is 2.77. The van der Waals surface area contributed by atoms with Crippen LogP contribution in [-0.2, 0) is 17.8 Å². The lowest BCUT2D eigenvalue weighted by atomic mass is 10.0. The van der Waals surface area contributed by atoms with Crippen LogP contribution in [0.1, 0.15) is 29.3 Å². The van der Waals surface area contributed by atoms with Crippen molar-refractivity contribution in [3.05, 3.63) is 38.7 Å². The van der Waals surface area contributed by atoms with Crippen molar-refractivity contribution in [3.63, 3.8) is 0 Å². The molecule has 2 heterocycles. The molecular formula is C19H23ClN2OS. The Labute approximate surface area is 152 Å². The Balaban J connectivity index is 2.20. The van der Waals surface area contributed by atoms with Gasteiger partial charge in [0.15, 0.2) is 0 Å². The molecule has 0 spiro atoms. The summed E-state index contributed by atoms with van der Waals surface area (Å²) in [5.41, 5.74) is 3.41. The first kappa shape index (κ1) is 17.5. The fourth-order valence-corrected chi connectivity index (χ4v) is 4.71. The Morgan fingerprint density at radius 1 is 1.38 bits per heavy atom. The molecule has 2 aromatic rings.